The number of benzene rings is 1. The van der Waals surface area contributed by atoms with E-state index < -0.39 is 6.10 Å². The Morgan fingerprint density at radius 1 is 1.29 bits per heavy atom. The lowest BCUT2D eigenvalue weighted by molar-refractivity contribution is -0.151. The molecule has 0 spiro atoms. The highest BCUT2D eigenvalue weighted by atomic mass is 16.6. The zero-order valence-electron chi connectivity index (χ0n) is 10.3. The van der Waals surface area contributed by atoms with Crippen molar-refractivity contribution in [3.05, 3.63) is 29.8 Å². The predicted octanol–water partition coefficient (Wildman–Crippen LogP) is 1.87. The molecule has 0 amide bonds. The summed E-state index contributed by atoms with van der Waals surface area (Å²) in [5.74, 6) is 0.333. The average molecular weight is 237 g/mol. The number of ether oxygens (including phenoxy) is 2. The van der Waals surface area contributed by atoms with Gasteiger partial charge in [-0.05, 0) is 31.0 Å². The van der Waals surface area contributed by atoms with Gasteiger partial charge < -0.3 is 15.2 Å². The minimum atomic E-state index is -0.543. The second kappa shape index (κ2) is 6.91. The van der Waals surface area contributed by atoms with E-state index in [4.69, 9.17) is 15.2 Å². The van der Waals surface area contributed by atoms with Crippen LogP contribution in [-0.4, -0.2) is 18.7 Å². The Labute approximate surface area is 102 Å². The van der Waals surface area contributed by atoms with Crippen LogP contribution in [0.5, 0.6) is 5.75 Å². The highest BCUT2D eigenvalue weighted by molar-refractivity contribution is 5.75. The summed E-state index contributed by atoms with van der Waals surface area (Å²) in [6.07, 6.45) is 0.0379. The van der Waals surface area contributed by atoms with Crippen LogP contribution in [0, 0.1) is 0 Å². The smallest absolute Gasteiger partial charge is 0.347 e. The number of nitrogens with two attached hydrogens (primary N) is 1. The van der Waals surface area contributed by atoms with Crippen LogP contribution in [0.3, 0.4) is 0 Å². The van der Waals surface area contributed by atoms with E-state index in [1.54, 1.807) is 6.92 Å². The van der Waals surface area contributed by atoms with Crippen molar-refractivity contribution in [1.29, 1.82) is 0 Å². The van der Waals surface area contributed by atoms with Crippen molar-refractivity contribution in [3.63, 3.8) is 0 Å². The van der Waals surface area contributed by atoms with E-state index in [9.17, 15) is 4.79 Å². The molecule has 1 rings (SSSR count). The lowest BCUT2D eigenvalue weighted by Crippen LogP contribution is -2.28. The van der Waals surface area contributed by atoms with Gasteiger partial charge in [-0.2, -0.15) is 0 Å². The molecule has 0 aromatic heterocycles. The molecule has 0 aliphatic carbocycles. The molecular formula is C13H19NO3. The normalized spacial score (nSPS) is 11.9. The zero-order chi connectivity index (χ0) is 12.7. The van der Waals surface area contributed by atoms with Crippen molar-refractivity contribution in [2.24, 2.45) is 5.73 Å². The molecule has 4 heteroatoms. The number of esters is 1. The highest BCUT2D eigenvalue weighted by Gasteiger charge is 2.19. The molecule has 0 aliphatic rings. The lowest BCUT2D eigenvalue weighted by atomic mass is 10.2. The van der Waals surface area contributed by atoms with E-state index in [-0.39, 0.29) is 5.97 Å². The second-order valence-electron chi connectivity index (χ2n) is 3.61. The van der Waals surface area contributed by atoms with E-state index in [1.807, 2.05) is 31.2 Å². The fourth-order valence-corrected chi connectivity index (χ4v) is 1.40. The standard InChI is InChI=1S/C13H19NO3/c1-3-12(13(15)16-4-2)17-11-7-5-10(9-14)6-8-11/h5-8,12H,3-4,9,14H2,1-2H3. The Balaban J connectivity index is 2.63. The van der Waals surface area contributed by atoms with Gasteiger partial charge in [0.15, 0.2) is 6.10 Å². The molecule has 94 valence electrons. The highest BCUT2D eigenvalue weighted by Crippen LogP contribution is 2.15. The van der Waals surface area contributed by atoms with E-state index in [0.29, 0.717) is 25.3 Å². The third-order valence-electron chi connectivity index (χ3n) is 2.36. The summed E-state index contributed by atoms with van der Waals surface area (Å²) in [4.78, 5) is 11.5. The van der Waals surface area contributed by atoms with Crippen molar-refractivity contribution in [2.45, 2.75) is 32.9 Å². The van der Waals surface area contributed by atoms with Gasteiger partial charge >= 0.3 is 5.97 Å². The SMILES string of the molecule is CCOC(=O)C(CC)Oc1ccc(CN)cc1. The Kier molecular flexibility index (Phi) is 5.49. The maximum absolute atomic E-state index is 11.5. The Morgan fingerprint density at radius 3 is 2.41 bits per heavy atom. The molecule has 1 aromatic rings. The van der Waals surface area contributed by atoms with E-state index in [0.717, 1.165) is 5.56 Å². The molecule has 1 atom stereocenters. The molecular weight excluding hydrogens is 218 g/mol. The maximum atomic E-state index is 11.5. The van der Waals surface area contributed by atoms with E-state index in [1.165, 1.54) is 0 Å². The maximum Gasteiger partial charge on any atom is 0.347 e. The minimum Gasteiger partial charge on any atom is -0.479 e. The van der Waals surface area contributed by atoms with Gasteiger partial charge in [-0.25, -0.2) is 4.79 Å². The van der Waals surface area contributed by atoms with Gasteiger partial charge in [0, 0.05) is 6.54 Å². The first kappa shape index (κ1) is 13.5. The first-order chi connectivity index (χ1) is 8.21. The van der Waals surface area contributed by atoms with Crippen molar-refractivity contribution in [1.82, 2.24) is 0 Å². The number of rotatable bonds is 6. The molecule has 0 aliphatic heterocycles. The van der Waals surface area contributed by atoms with Gasteiger partial charge in [0.25, 0.3) is 0 Å². The van der Waals surface area contributed by atoms with Gasteiger partial charge in [-0.1, -0.05) is 19.1 Å². The summed E-state index contributed by atoms with van der Waals surface area (Å²) in [6.45, 7) is 4.52. The molecule has 17 heavy (non-hydrogen) atoms. The van der Waals surface area contributed by atoms with Gasteiger partial charge in [-0.15, -0.1) is 0 Å². The Bertz CT molecular complexity index is 348. The average Bonchev–Trinajstić information content (AvgIpc) is 2.37. The van der Waals surface area contributed by atoms with Crippen LogP contribution in [0.15, 0.2) is 24.3 Å². The van der Waals surface area contributed by atoms with Crippen LogP contribution in [-0.2, 0) is 16.1 Å². The Hall–Kier alpha value is -1.55. The third kappa shape index (κ3) is 4.07. The van der Waals surface area contributed by atoms with Crippen LogP contribution in [0.25, 0.3) is 0 Å². The molecule has 0 bridgehead atoms. The molecule has 0 saturated heterocycles. The molecule has 0 radical (unpaired) electrons. The molecule has 1 aromatic carbocycles. The first-order valence-corrected chi connectivity index (χ1v) is 5.83. The summed E-state index contributed by atoms with van der Waals surface area (Å²) in [5, 5.41) is 0. The number of carbonyl (C=O) groups excluding carboxylic acids is 1. The molecule has 0 fully saturated rings. The first-order valence-electron chi connectivity index (χ1n) is 5.83. The van der Waals surface area contributed by atoms with Crippen LogP contribution in [0.4, 0.5) is 0 Å². The van der Waals surface area contributed by atoms with Crippen molar-refractivity contribution in [2.75, 3.05) is 6.61 Å². The number of carbonyl (C=O) groups is 1. The summed E-state index contributed by atoms with van der Waals surface area (Å²) in [6, 6.07) is 7.38. The van der Waals surface area contributed by atoms with Gasteiger partial charge in [0.2, 0.25) is 0 Å². The van der Waals surface area contributed by atoms with E-state index >= 15 is 0 Å². The molecule has 0 heterocycles. The van der Waals surface area contributed by atoms with E-state index in [2.05, 4.69) is 0 Å². The van der Waals surface area contributed by atoms with Crippen LogP contribution in [0.1, 0.15) is 25.8 Å². The van der Waals surface area contributed by atoms with Gasteiger partial charge in [-0.3, -0.25) is 0 Å². The second-order valence-corrected chi connectivity index (χ2v) is 3.61. The van der Waals surface area contributed by atoms with Crippen LogP contribution >= 0.6 is 0 Å². The van der Waals surface area contributed by atoms with Crippen LogP contribution in [0.2, 0.25) is 0 Å². The topological polar surface area (TPSA) is 61.5 Å². The molecule has 0 saturated carbocycles. The van der Waals surface area contributed by atoms with Crippen molar-refractivity contribution in [3.8, 4) is 5.75 Å². The summed E-state index contributed by atoms with van der Waals surface area (Å²) < 4.78 is 10.5. The fourth-order valence-electron chi connectivity index (χ4n) is 1.40. The molecule has 2 N–H and O–H groups in total. The molecule has 1 unspecified atom stereocenters. The Morgan fingerprint density at radius 2 is 1.94 bits per heavy atom. The predicted molar refractivity (Wildman–Crippen MR) is 65.7 cm³/mol. The minimum absolute atomic E-state index is 0.321. The number of hydrogen-bond donors (Lipinski definition) is 1. The summed E-state index contributed by atoms with van der Waals surface area (Å²) in [7, 11) is 0. The van der Waals surface area contributed by atoms with Crippen LogP contribution < -0.4 is 10.5 Å². The quantitative estimate of drug-likeness (QED) is 0.767. The number of hydrogen-bond acceptors (Lipinski definition) is 4. The summed E-state index contributed by atoms with van der Waals surface area (Å²) in [5.41, 5.74) is 6.53. The van der Waals surface area contributed by atoms with Gasteiger partial charge in [0.05, 0.1) is 6.61 Å². The van der Waals surface area contributed by atoms with Crippen molar-refractivity contribution >= 4 is 5.97 Å². The largest absolute Gasteiger partial charge is 0.479 e. The zero-order valence-corrected chi connectivity index (χ0v) is 10.3. The molecule has 4 nitrogen and oxygen atoms in total. The van der Waals surface area contributed by atoms with Gasteiger partial charge in [0.1, 0.15) is 5.75 Å². The fraction of sp³-hybridized carbons (Fsp3) is 0.462. The monoisotopic (exact) mass is 237 g/mol. The lowest BCUT2D eigenvalue weighted by Gasteiger charge is -2.16. The van der Waals surface area contributed by atoms with Crippen molar-refractivity contribution < 1.29 is 14.3 Å². The third-order valence-corrected chi connectivity index (χ3v) is 2.36. The summed E-state index contributed by atoms with van der Waals surface area (Å²) >= 11 is 0.